The molecule has 0 radical (unpaired) electrons. The highest BCUT2D eigenvalue weighted by atomic mass is 19.1. The number of nitro groups is 1. The molecule has 1 N–H and O–H groups in total. The van der Waals surface area contributed by atoms with Crippen LogP contribution < -0.4 is 5.32 Å². The summed E-state index contributed by atoms with van der Waals surface area (Å²) in [6.07, 6.45) is 0.576. The zero-order valence-electron chi connectivity index (χ0n) is 11.3. The average molecular weight is 292 g/mol. The Hall–Kier alpha value is -2.50. The standard InChI is InChI=1S/C15H14F2N2O2/c1-2-14(11-5-3-4-6-12(11)16)18-10-7-8-13(17)15(9-10)19(20)21/h3-9,14,18H,2H2,1H3. The van der Waals surface area contributed by atoms with Gasteiger partial charge in [0.2, 0.25) is 5.82 Å². The van der Waals surface area contributed by atoms with Gasteiger partial charge in [-0.15, -0.1) is 0 Å². The van der Waals surface area contributed by atoms with Gasteiger partial charge in [-0.3, -0.25) is 10.1 Å². The van der Waals surface area contributed by atoms with Gasteiger partial charge in [0.15, 0.2) is 0 Å². The minimum atomic E-state index is -0.899. The quantitative estimate of drug-likeness (QED) is 0.655. The molecule has 2 aromatic rings. The fourth-order valence-corrected chi connectivity index (χ4v) is 2.10. The molecule has 4 nitrogen and oxygen atoms in total. The maximum absolute atomic E-state index is 13.8. The first-order chi connectivity index (χ1) is 10.0. The summed E-state index contributed by atoms with van der Waals surface area (Å²) in [7, 11) is 0. The summed E-state index contributed by atoms with van der Waals surface area (Å²) in [5.41, 5.74) is 0.230. The molecule has 2 rings (SSSR count). The normalized spacial score (nSPS) is 12.0. The second-order valence-corrected chi connectivity index (χ2v) is 4.55. The van der Waals surface area contributed by atoms with Gasteiger partial charge in [0, 0.05) is 17.3 Å². The van der Waals surface area contributed by atoms with E-state index in [9.17, 15) is 18.9 Å². The van der Waals surface area contributed by atoms with Crippen molar-refractivity contribution in [2.75, 3.05) is 5.32 Å². The summed E-state index contributed by atoms with van der Waals surface area (Å²) >= 11 is 0. The topological polar surface area (TPSA) is 55.2 Å². The molecule has 0 aliphatic carbocycles. The molecule has 21 heavy (non-hydrogen) atoms. The van der Waals surface area contributed by atoms with E-state index in [0.717, 1.165) is 12.1 Å². The van der Waals surface area contributed by atoms with Crippen molar-refractivity contribution < 1.29 is 13.7 Å². The predicted octanol–water partition coefficient (Wildman–Crippen LogP) is 4.44. The van der Waals surface area contributed by atoms with Gasteiger partial charge >= 0.3 is 5.69 Å². The van der Waals surface area contributed by atoms with E-state index in [-0.39, 0.29) is 11.9 Å². The van der Waals surface area contributed by atoms with Gasteiger partial charge in [-0.2, -0.15) is 4.39 Å². The molecule has 0 aromatic heterocycles. The van der Waals surface area contributed by atoms with Crippen LogP contribution in [0.1, 0.15) is 24.9 Å². The molecule has 6 heteroatoms. The fraction of sp³-hybridized carbons (Fsp3) is 0.200. The molecule has 0 bridgehead atoms. The molecule has 0 heterocycles. The Kier molecular flexibility index (Phi) is 4.47. The lowest BCUT2D eigenvalue weighted by atomic mass is 10.0. The van der Waals surface area contributed by atoms with Crippen LogP contribution in [0.25, 0.3) is 0 Å². The lowest BCUT2D eigenvalue weighted by molar-refractivity contribution is -0.387. The Balaban J connectivity index is 2.29. The van der Waals surface area contributed by atoms with E-state index in [2.05, 4.69) is 5.32 Å². The van der Waals surface area contributed by atoms with Gasteiger partial charge in [-0.1, -0.05) is 25.1 Å². The largest absolute Gasteiger partial charge is 0.378 e. The van der Waals surface area contributed by atoms with Gasteiger partial charge in [-0.05, 0) is 24.6 Å². The van der Waals surface area contributed by atoms with Crippen molar-refractivity contribution in [2.45, 2.75) is 19.4 Å². The number of hydrogen-bond donors (Lipinski definition) is 1. The molecule has 0 saturated carbocycles. The van der Waals surface area contributed by atoms with Crippen LogP contribution in [0.3, 0.4) is 0 Å². The molecular weight excluding hydrogens is 278 g/mol. The zero-order chi connectivity index (χ0) is 15.4. The van der Waals surface area contributed by atoms with E-state index in [1.807, 2.05) is 6.92 Å². The van der Waals surface area contributed by atoms with Crippen molar-refractivity contribution in [1.29, 1.82) is 0 Å². The maximum Gasteiger partial charge on any atom is 0.306 e. The van der Waals surface area contributed by atoms with Crippen LogP contribution in [-0.4, -0.2) is 4.92 Å². The first kappa shape index (κ1) is 14.9. The SMILES string of the molecule is CCC(Nc1ccc(F)c([N+](=O)[O-])c1)c1ccccc1F. The molecule has 0 aliphatic rings. The number of benzene rings is 2. The molecule has 0 saturated heterocycles. The molecule has 1 unspecified atom stereocenters. The molecule has 0 fully saturated rings. The van der Waals surface area contributed by atoms with Gasteiger partial charge < -0.3 is 5.32 Å². The Morgan fingerprint density at radius 3 is 2.52 bits per heavy atom. The van der Waals surface area contributed by atoms with Gasteiger partial charge in [0.25, 0.3) is 0 Å². The van der Waals surface area contributed by atoms with Crippen molar-refractivity contribution in [3.05, 3.63) is 69.8 Å². The highest BCUT2D eigenvalue weighted by molar-refractivity contribution is 5.53. The molecule has 0 amide bonds. The van der Waals surface area contributed by atoms with Gasteiger partial charge in [0.05, 0.1) is 11.0 Å². The summed E-state index contributed by atoms with van der Waals surface area (Å²) in [5, 5.41) is 13.7. The van der Waals surface area contributed by atoms with Gasteiger partial charge in [0.1, 0.15) is 5.82 Å². The number of nitro benzene ring substituents is 1. The summed E-state index contributed by atoms with van der Waals surface area (Å²) in [6, 6.07) is 9.49. The third-order valence-corrected chi connectivity index (χ3v) is 3.17. The molecule has 1 atom stereocenters. The highest BCUT2D eigenvalue weighted by Crippen LogP contribution is 2.27. The van der Waals surface area contributed by atoms with E-state index < -0.39 is 16.4 Å². The van der Waals surface area contributed by atoms with E-state index in [0.29, 0.717) is 17.7 Å². The molecule has 0 aliphatic heterocycles. The number of rotatable bonds is 5. The molecular formula is C15H14F2N2O2. The lowest BCUT2D eigenvalue weighted by Crippen LogP contribution is -2.11. The highest BCUT2D eigenvalue weighted by Gasteiger charge is 2.17. The second-order valence-electron chi connectivity index (χ2n) is 4.55. The number of hydrogen-bond acceptors (Lipinski definition) is 3. The van der Waals surface area contributed by atoms with Gasteiger partial charge in [-0.25, -0.2) is 4.39 Å². The van der Waals surface area contributed by atoms with Crippen molar-refractivity contribution in [1.82, 2.24) is 0 Å². The molecule has 0 spiro atoms. The third kappa shape index (κ3) is 3.34. The van der Waals surface area contributed by atoms with E-state index in [1.165, 1.54) is 12.1 Å². The average Bonchev–Trinajstić information content (AvgIpc) is 2.47. The summed E-state index contributed by atoms with van der Waals surface area (Å²) in [6.45, 7) is 1.86. The molecule has 110 valence electrons. The zero-order valence-corrected chi connectivity index (χ0v) is 11.3. The summed E-state index contributed by atoms with van der Waals surface area (Å²) in [5.74, 6) is -1.25. The fourth-order valence-electron chi connectivity index (χ4n) is 2.10. The van der Waals surface area contributed by atoms with Crippen LogP contribution in [0.2, 0.25) is 0 Å². The Morgan fingerprint density at radius 1 is 1.19 bits per heavy atom. The maximum atomic E-state index is 13.8. The van der Waals surface area contributed by atoms with E-state index in [4.69, 9.17) is 0 Å². The molecule has 2 aromatic carbocycles. The van der Waals surface area contributed by atoms with Crippen molar-refractivity contribution in [3.8, 4) is 0 Å². The number of anilines is 1. The third-order valence-electron chi connectivity index (χ3n) is 3.17. The van der Waals surface area contributed by atoms with Crippen molar-refractivity contribution in [2.24, 2.45) is 0 Å². The number of nitrogens with zero attached hydrogens (tertiary/aromatic N) is 1. The van der Waals surface area contributed by atoms with E-state index >= 15 is 0 Å². The lowest BCUT2D eigenvalue weighted by Gasteiger charge is -2.19. The van der Waals surface area contributed by atoms with Crippen molar-refractivity contribution >= 4 is 11.4 Å². The first-order valence-corrected chi connectivity index (χ1v) is 6.47. The Morgan fingerprint density at radius 2 is 1.90 bits per heavy atom. The summed E-state index contributed by atoms with van der Waals surface area (Å²) < 4.78 is 27.1. The summed E-state index contributed by atoms with van der Waals surface area (Å²) in [4.78, 5) is 9.94. The number of halogens is 2. The van der Waals surface area contributed by atoms with Crippen LogP contribution >= 0.6 is 0 Å². The van der Waals surface area contributed by atoms with Crippen LogP contribution in [0.15, 0.2) is 42.5 Å². The van der Waals surface area contributed by atoms with Crippen LogP contribution in [0, 0.1) is 21.7 Å². The first-order valence-electron chi connectivity index (χ1n) is 6.47. The van der Waals surface area contributed by atoms with Crippen molar-refractivity contribution in [3.63, 3.8) is 0 Å². The monoisotopic (exact) mass is 292 g/mol. The Bertz CT molecular complexity index is 662. The number of nitrogens with one attached hydrogen (secondary N) is 1. The van der Waals surface area contributed by atoms with Crippen LogP contribution in [-0.2, 0) is 0 Å². The van der Waals surface area contributed by atoms with Crippen LogP contribution in [0.5, 0.6) is 0 Å². The smallest absolute Gasteiger partial charge is 0.306 e. The minimum absolute atomic E-state index is 0.351. The second kappa shape index (κ2) is 6.30. The predicted molar refractivity (Wildman–Crippen MR) is 76.1 cm³/mol. The van der Waals surface area contributed by atoms with E-state index in [1.54, 1.807) is 18.2 Å². The minimum Gasteiger partial charge on any atom is -0.378 e. The van der Waals surface area contributed by atoms with Crippen LogP contribution in [0.4, 0.5) is 20.2 Å². The Labute approximate surface area is 120 Å².